The SMILES string of the molecule is Cc1cc(Cl)ccc1NC(=O)C(=O)N/N=C/c1cccs1. The highest BCUT2D eigenvalue weighted by molar-refractivity contribution is 7.11. The van der Waals surface area contributed by atoms with Gasteiger partial charge in [0.1, 0.15) is 0 Å². The number of benzene rings is 1. The van der Waals surface area contributed by atoms with E-state index in [1.165, 1.54) is 17.6 Å². The van der Waals surface area contributed by atoms with Gasteiger partial charge in [0.25, 0.3) is 0 Å². The van der Waals surface area contributed by atoms with Gasteiger partial charge in [0, 0.05) is 15.6 Å². The fourth-order valence-electron chi connectivity index (χ4n) is 1.52. The van der Waals surface area contributed by atoms with Crippen LogP contribution in [0.4, 0.5) is 5.69 Å². The lowest BCUT2D eigenvalue weighted by Gasteiger charge is -2.07. The third kappa shape index (κ3) is 4.40. The Bertz CT molecular complexity index is 684. The molecule has 0 atom stereocenters. The smallest absolute Gasteiger partial charge is 0.317 e. The Morgan fingerprint density at radius 1 is 1.29 bits per heavy atom. The van der Waals surface area contributed by atoms with E-state index in [0.29, 0.717) is 10.7 Å². The Morgan fingerprint density at radius 2 is 2.10 bits per heavy atom. The molecule has 2 rings (SSSR count). The van der Waals surface area contributed by atoms with E-state index in [2.05, 4.69) is 15.8 Å². The van der Waals surface area contributed by atoms with Gasteiger partial charge >= 0.3 is 11.8 Å². The van der Waals surface area contributed by atoms with Gasteiger partial charge in [-0.3, -0.25) is 9.59 Å². The summed E-state index contributed by atoms with van der Waals surface area (Å²) >= 11 is 7.30. The Morgan fingerprint density at radius 3 is 2.76 bits per heavy atom. The van der Waals surface area contributed by atoms with Gasteiger partial charge in [-0.25, -0.2) is 5.43 Å². The van der Waals surface area contributed by atoms with Crippen LogP contribution in [-0.2, 0) is 9.59 Å². The van der Waals surface area contributed by atoms with Gasteiger partial charge in [-0.2, -0.15) is 5.10 Å². The van der Waals surface area contributed by atoms with E-state index in [1.54, 1.807) is 25.1 Å². The lowest BCUT2D eigenvalue weighted by molar-refractivity contribution is -0.136. The number of nitrogens with one attached hydrogen (secondary N) is 2. The standard InChI is InChI=1S/C14H12ClN3O2S/c1-9-7-10(15)4-5-12(9)17-13(19)14(20)18-16-8-11-3-2-6-21-11/h2-8H,1H3,(H,17,19)(H,18,20)/b16-8+. The van der Waals surface area contributed by atoms with Gasteiger partial charge in [-0.1, -0.05) is 17.7 Å². The molecule has 0 saturated carbocycles. The van der Waals surface area contributed by atoms with Gasteiger partial charge < -0.3 is 5.32 Å². The van der Waals surface area contributed by atoms with Crippen LogP contribution >= 0.6 is 22.9 Å². The van der Waals surface area contributed by atoms with Crippen LogP contribution in [0.5, 0.6) is 0 Å². The third-order valence-electron chi connectivity index (χ3n) is 2.54. The second-order valence-corrected chi connectivity index (χ2v) is 5.54. The highest BCUT2D eigenvalue weighted by Gasteiger charge is 2.13. The molecule has 0 fully saturated rings. The van der Waals surface area contributed by atoms with Crippen molar-refractivity contribution in [3.05, 3.63) is 51.2 Å². The molecule has 2 N–H and O–H groups in total. The first kappa shape index (κ1) is 15.2. The van der Waals surface area contributed by atoms with Gasteiger partial charge in [-0.05, 0) is 42.1 Å². The average Bonchev–Trinajstić information content (AvgIpc) is 2.95. The van der Waals surface area contributed by atoms with Crippen molar-refractivity contribution in [2.45, 2.75) is 6.92 Å². The summed E-state index contributed by atoms with van der Waals surface area (Å²) in [7, 11) is 0. The molecule has 108 valence electrons. The van der Waals surface area contributed by atoms with E-state index >= 15 is 0 Å². The maximum absolute atomic E-state index is 11.7. The van der Waals surface area contributed by atoms with Gasteiger partial charge in [0.2, 0.25) is 0 Å². The summed E-state index contributed by atoms with van der Waals surface area (Å²) in [5.41, 5.74) is 3.47. The first-order valence-corrected chi connectivity index (χ1v) is 7.26. The van der Waals surface area contributed by atoms with Crippen molar-refractivity contribution in [1.82, 2.24) is 5.43 Å². The first-order valence-electron chi connectivity index (χ1n) is 6.00. The van der Waals surface area contributed by atoms with Crippen molar-refractivity contribution < 1.29 is 9.59 Å². The molecule has 0 radical (unpaired) electrons. The van der Waals surface area contributed by atoms with Crippen LogP contribution in [-0.4, -0.2) is 18.0 Å². The van der Waals surface area contributed by atoms with E-state index in [-0.39, 0.29) is 0 Å². The molecule has 0 bridgehead atoms. The number of nitrogens with zero attached hydrogens (tertiary/aromatic N) is 1. The van der Waals surface area contributed by atoms with Gasteiger partial charge in [0.15, 0.2) is 0 Å². The number of hydrogen-bond donors (Lipinski definition) is 2. The zero-order chi connectivity index (χ0) is 15.2. The summed E-state index contributed by atoms with van der Waals surface area (Å²) < 4.78 is 0. The van der Waals surface area contributed by atoms with Gasteiger partial charge in [0.05, 0.1) is 6.21 Å². The van der Waals surface area contributed by atoms with Crippen molar-refractivity contribution in [3.63, 3.8) is 0 Å². The number of anilines is 1. The van der Waals surface area contributed by atoms with E-state index in [1.807, 2.05) is 17.5 Å². The summed E-state index contributed by atoms with van der Waals surface area (Å²) in [6.07, 6.45) is 1.48. The van der Waals surface area contributed by atoms with Crippen molar-refractivity contribution in [2.24, 2.45) is 5.10 Å². The number of rotatable bonds is 3. The molecule has 0 aliphatic carbocycles. The lowest BCUT2D eigenvalue weighted by atomic mass is 10.2. The molecule has 0 spiro atoms. The topological polar surface area (TPSA) is 70.6 Å². The van der Waals surface area contributed by atoms with Crippen molar-refractivity contribution >= 4 is 46.7 Å². The van der Waals surface area contributed by atoms with Crippen molar-refractivity contribution in [1.29, 1.82) is 0 Å². The number of carbonyl (C=O) groups is 2. The molecular formula is C14H12ClN3O2S. The van der Waals surface area contributed by atoms with Crippen LogP contribution in [0, 0.1) is 6.92 Å². The molecule has 1 aromatic carbocycles. The van der Waals surface area contributed by atoms with E-state index in [4.69, 9.17) is 11.6 Å². The highest BCUT2D eigenvalue weighted by Crippen LogP contribution is 2.19. The Labute approximate surface area is 130 Å². The molecule has 2 amide bonds. The number of thiophene rings is 1. The largest absolute Gasteiger partial charge is 0.329 e. The van der Waals surface area contributed by atoms with E-state index < -0.39 is 11.8 Å². The monoisotopic (exact) mass is 321 g/mol. The predicted molar refractivity (Wildman–Crippen MR) is 84.9 cm³/mol. The van der Waals surface area contributed by atoms with Crippen LogP contribution < -0.4 is 10.7 Å². The molecule has 0 unspecified atom stereocenters. The minimum atomic E-state index is -0.836. The Balaban J connectivity index is 1.92. The minimum Gasteiger partial charge on any atom is -0.317 e. The lowest BCUT2D eigenvalue weighted by Crippen LogP contribution is -2.32. The normalized spacial score (nSPS) is 10.6. The summed E-state index contributed by atoms with van der Waals surface area (Å²) in [5.74, 6) is -1.62. The third-order valence-corrected chi connectivity index (χ3v) is 3.59. The summed E-state index contributed by atoms with van der Waals surface area (Å²) in [6.45, 7) is 1.79. The molecular weight excluding hydrogens is 310 g/mol. The van der Waals surface area contributed by atoms with Crippen LogP contribution in [0.25, 0.3) is 0 Å². The zero-order valence-corrected chi connectivity index (χ0v) is 12.7. The van der Waals surface area contributed by atoms with Crippen LogP contribution in [0.1, 0.15) is 10.4 Å². The van der Waals surface area contributed by atoms with Gasteiger partial charge in [-0.15, -0.1) is 11.3 Å². The number of carbonyl (C=O) groups excluding carboxylic acids is 2. The quantitative estimate of drug-likeness (QED) is 0.518. The molecule has 1 heterocycles. The van der Waals surface area contributed by atoms with Crippen LogP contribution in [0.2, 0.25) is 5.02 Å². The minimum absolute atomic E-state index is 0.529. The molecule has 21 heavy (non-hydrogen) atoms. The number of hydrazone groups is 1. The molecule has 0 aliphatic heterocycles. The number of amides is 2. The van der Waals surface area contributed by atoms with Crippen molar-refractivity contribution in [2.75, 3.05) is 5.32 Å². The molecule has 0 aliphatic rings. The highest BCUT2D eigenvalue weighted by atomic mass is 35.5. The average molecular weight is 322 g/mol. The van der Waals surface area contributed by atoms with Crippen LogP contribution in [0.3, 0.4) is 0 Å². The van der Waals surface area contributed by atoms with E-state index in [9.17, 15) is 9.59 Å². The Kier molecular flexibility index (Phi) is 5.08. The predicted octanol–water partition coefficient (Wildman–Crippen LogP) is 2.80. The van der Waals surface area contributed by atoms with E-state index in [0.717, 1.165) is 10.4 Å². The number of hydrogen-bond acceptors (Lipinski definition) is 4. The molecule has 1 aromatic heterocycles. The second-order valence-electron chi connectivity index (χ2n) is 4.13. The molecule has 2 aromatic rings. The van der Waals surface area contributed by atoms with Crippen LogP contribution in [0.15, 0.2) is 40.8 Å². The molecule has 5 nitrogen and oxygen atoms in total. The molecule has 7 heteroatoms. The molecule has 0 saturated heterocycles. The number of halogens is 1. The first-order chi connectivity index (χ1) is 10.1. The van der Waals surface area contributed by atoms with Crippen molar-refractivity contribution in [3.8, 4) is 0 Å². The summed E-state index contributed by atoms with van der Waals surface area (Å²) in [4.78, 5) is 24.2. The summed E-state index contributed by atoms with van der Waals surface area (Å²) in [5, 5.41) is 8.67. The maximum Gasteiger partial charge on any atom is 0.329 e. The number of aryl methyl sites for hydroxylation is 1. The second kappa shape index (κ2) is 7.01. The zero-order valence-electron chi connectivity index (χ0n) is 11.1. The maximum atomic E-state index is 11.7. The summed E-state index contributed by atoms with van der Waals surface area (Å²) in [6, 6.07) is 8.68. The fraction of sp³-hybridized carbons (Fsp3) is 0.0714. The Hall–Kier alpha value is -2.18. The fourth-order valence-corrected chi connectivity index (χ4v) is 2.33.